The molecule has 0 aliphatic heterocycles. The van der Waals surface area contributed by atoms with Gasteiger partial charge in [-0.05, 0) is 33.6 Å². The first kappa shape index (κ1) is 15.6. The van der Waals surface area contributed by atoms with E-state index in [0.717, 1.165) is 0 Å². The number of ether oxygens (including phenoxy) is 3. The van der Waals surface area contributed by atoms with Crippen molar-refractivity contribution in [3.8, 4) is 17.2 Å². The maximum absolute atomic E-state index is 10.6. The highest BCUT2D eigenvalue weighted by atomic mass is 79.9. The van der Waals surface area contributed by atoms with Gasteiger partial charge in [0.2, 0.25) is 5.75 Å². The smallest absolute Gasteiger partial charge is 0.203 e. The number of halogens is 1. The van der Waals surface area contributed by atoms with Gasteiger partial charge in [-0.1, -0.05) is 5.21 Å². The average molecular weight is 358 g/mol. The molecule has 0 spiro atoms. The predicted octanol–water partition coefficient (Wildman–Crippen LogP) is 1.69. The predicted molar refractivity (Wildman–Crippen MR) is 78.9 cm³/mol. The van der Waals surface area contributed by atoms with E-state index in [1.54, 1.807) is 19.2 Å². The Balaban J connectivity index is 2.54. The molecule has 1 unspecified atom stereocenters. The molecule has 7 nitrogen and oxygen atoms in total. The standard InChI is InChI=1S/C13H16BrN3O4/c1-17-10(13(14)15-16-17)11(18)7-5-8(19-2)12(21-4)9(6-7)20-3/h5-6,11,18H,1-4H3. The lowest BCUT2D eigenvalue weighted by atomic mass is 10.1. The molecule has 8 heteroatoms. The van der Waals surface area contributed by atoms with Gasteiger partial charge in [0, 0.05) is 7.05 Å². The number of hydrogen-bond donors (Lipinski definition) is 1. The van der Waals surface area contributed by atoms with Gasteiger partial charge in [-0.15, -0.1) is 5.10 Å². The lowest BCUT2D eigenvalue weighted by Gasteiger charge is -2.17. The fraction of sp³-hybridized carbons (Fsp3) is 0.385. The van der Waals surface area contributed by atoms with Gasteiger partial charge in [0.05, 0.1) is 21.3 Å². The molecular formula is C13H16BrN3O4. The number of aryl methyl sites for hydroxylation is 1. The van der Waals surface area contributed by atoms with Crippen LogP contribution in [0.15, 0.2) is 16.7 Å². The number of rotatable bonds is 5. The van der Waals surface area contributed by atoms with E-state index in [2.05, 4.69) is 26.2 Å². The summed E-state index contributed by atoms with van der Waals surface area (Å²) in [5.41, 5.74) is 1.11. The van der Waals surface area contributed by atoms with Crippen molar-refractivity contribution in [2.24, 2.45) is 7.05 Å². The van der Waals surface area contributed by atoms with Crippen LogP contribution < -0.4 is 14.2 Å². The van der Waals surface area contributed by atoms with Crippen LogP contribution in [0.5, 0.6) is 17.2 Å². The topological polar surface area (TPSA) is 78.6 Å². The number of benzene rings is 1. The molecule has 0 aliphatic carbocycles. The van der Waals surface area contributed by atoms with Crippen LogP contribution in [0.4, 0.5) is 0 Å². The van der Waals surface area contributed by atoms with E-state index in [9.17, 15) is 5.11 Å². The summed E-state index contributed by atoms with van der Waals surface area (Å²) >= 11 is 3.27. The number of nitrogens with zero attached hydrogens (tertiary/aromatic N) is 3. The Morgan fingerprint density at radius 2 is 1.71 bits per heavy atom. The number of hydrogen-bond acceptors (Lipinski definition) is 6. The highest BCUT2D eigenvalue weighted by Crippen LogP contribution is 2.41. The molecular weight excluding hydrogens is 342 g/mol. The van der Waals surface area contributed by atoms with Gasteiger partial charge in [0.15, 0.2) is 16.1 Å². The van der Waals surface area contributed by atoms with E-state index in [0.29, 0.717) is 33.1 Å². The minimum atomic E-state index is -0.937. The van der Waals surface area contributed by atoms with Crippen LogP contribution in [-0.4, -0.2) is 41.4 Å². The minimum Gasteiger partial charge on any atom is -0.493 e. The first-order valence-corrected chi connectivity index (χ1v) is 6.85. The van der Waals surface area contributed by atoms with Gasteiger partial charge in [-0.2, -0.15) is 0 Å². The molecule has 0 fully saturated rings. The van der Waals surface area contributed by atoms with E-state index in [-0.39, 0.29) is 0 Å². The molecule has 1 heterocycles. The Kier molecular flexibility index (Phi) is 4.69. The van der Waals surface area contributed by atoms with Crippen molar-refractivity contribution >= 4 is 15.9 Å². The maximum atomic E-state index is 10.6. The van der Waals surface area contributed by atoms with Crippen molar-refractivity contribution in [2.75, 3.05) is 21.3 Å². The maximum Gasteiger partial charge on any atom is 0.203 e. The van der Waals surface area contributed by atoms with Crippen molar-refractivity contribution < 1.29 is 19.3 Å². The SMILES string of the molecule is COc1cc(C(O)c2c(Br)nnn2C)cc(OC)c1OC. The van der Waals surface area contributed by atoms with Crippen LogP contribution in [-0.2, 0) is 7.05 Å². The second-order valence-corrected chi connectivity index (χ2v) is 5.00. The third-order valence-electron chi connectivity index (χ3n) is 3.09. The summed E-state index contributed by atoms with van der Waals surface area (Å²) in [6.07, 6.45) is -0.937. The first-order chi connectivity index (χ1) is 10.0. The fourth-order valence-electron chi connectivity index (χ4n) is 2.05. The van der Waals surface area contributed by atoms with Crippen LogP contribution in [0, 0.1) is 0 Å². The van der Waals surface area contributed by atoms with Crippen LogP contribution in [0.25, 0.3) is 0 Å². The van der Waals surface area contributed by atoms with Gasteiger partial charge >= 0.3 is 0 Å². The van der Waals surface area contributed by atoms with Crippen LogP contribution >= 0.6 is 15.9 Å². The van der Waals surface area contributed by atoms with Gasteiger partial charge in [-0.25, -0.2) is 4.68 Å². The molecule has 0 saturated carbocycles. The Labute approximate surface area is 130 Å². The average Bonchev–Trinajstić information content (AvgIpc) is 2.83. The van der Waals surface area contributed by atoms with E-state index in [4.69, 9.17) is 14.2 Å². The fourth-order valence-corrected chi connectivity index (χ4v) is 2.59. The highest BCUT2D eigenvalue weighted by Gasteiger charge is 2.23. The molecule has 0 aliphatic rings. The van der Waals surface area contributed by atoms with Crippen molar-refractivity contribution in [1.82, 2.24) is 15.0 Å². The van der Waals surface area contributed by atoms with Gasteiger partial charge < -0.3 is 19.3 Å². The van der Waals surface area contributed by atoms with Crippen molar-refractivity contribution in [1.29, 1.82) is 0 Å². The summed E-state index contributed by atoms with van der Waals surface area (Å²) in [7, 11) is 6.27. The van der Waals surface area contributed by atoms with Gasteiger partial charge in [0.1, 0.15) is 11.8 Å². The first-order valence-electron chi connectivity index (χ1n) is 6.06. The molecule has 21 heavy (non-hydrogen) atoms. The summed E-state index contributed by atoms with van der Waals surface area (Å²) in [6, 6.07) is 3.37. The van der Waals surface area contributed by atoms with Crippen LogP contribution in [0.1, 0.15) is 17.4 Å². The number of aliphatic hydroxyl groups excluding tert-OH is 1. The van der Waals surface area contributed by atoms with E-state index in [1.165, 1.54) is 26.0 Å². The Hall–Kier alpha value is -1.80. The van der Waals surface area contributed by atoms with E-state index in [1.807, 2.05) is 0 Å². The lowest BCUT2D eigenvalue weighted by Crippen LogP contribution is -2.08. The molecule has 1 N–H and O–H groups in total. The Morgan fingerprint density at radius 1 is 1.14 bits per heavy atom. The number of methoxy groups -OCH3 is 3. The van der Waals surface area contributed by atoms with Crippen LogP contribution in [0.2, 0.25) is 0 Å². The quantitative estimate of drug-likeness (QED) is 0.876. The summed E-state index contributed by atoms with van der Waals surface area (Å²) in [4.78, 5) is 0. The molecule has 1 aromatic heterocycles. The lowest BCUT2D eigenvalue weighted by molar-refractivity contribution is 0.207. The number of aromatic nitrogens is 3. The molecule has 2 rings (SSSR count). The highest BCUT2D eigenvalue weighted by molar-refractivity contribution is 9.10. The van der Waals surface area contributed by atoms with Gasteiger partial charge in [0.25, 0.3) is 0 Å². The largest absolute Gasteiger partial charge is 0.493 e. The van der Waals surface area contributed by atoms with Gasteiger partial charge in [-0.3, -0.25) is 0 Å². The molecule has 0 radical (unpaired) electrons. The second kappa shape index (κ2) is 6.31. The third-order valence-corrected chi connectivity index (χ3v) is 3.65. The summed E-state index contributed by atoms with van der Waals surface area (Å²) in [6.45, 7) is 0. The molecule has 2 aromatic rings. The molecule has 1 atom stereocenters. The van der Waals surface area contributed by atoms with Crippen molar-refractivity contribution in [2.45, 2.75) is 6.10 Å². The van der Waals surface area contributed by atoms with Crippen molar-refractivity contribution in [3.05, 3.63) is 28.0 Å². The van der Waals surface area contributed by atoms with E-state index < -0.39 is 6.10 Å². The summed E-state index contributed by atoms with van der Waals surface area (Å²) in [5, 5.41) is 18.3. The monoisotopic (exact) mass is 357 g/mol. The summed E-state index contributed by atoms with van der Waals surface area (Å²) < 4.78 is 17.8. The van der Waals surface area contributed by atoms with Crippen molar-refractivity contribution in [3.63, 3.8) is 0 Å². The minimum absolute atomic E-state index is 0.470. The molecule has 0 saturated heterocycles. The molecule has 0 bridgehead atoms. The zero-order chi connectivity index (χ0) is 15.6. The van der Waals surface area contributed by atoms with Crippen LogP contribution in [0.3, 0.4) is 0 Å². The number of aliphatic hydroxyl groups is 1. The van der Waals surface area contributed by atoms with E-state index >= 15 is 0 Å². The zero-order valence-electron chi connectivity index (χ0n) is 12.1. The Morgan fingerprint density at radius 3 is 2.10 bits per heavy atom. The third kappa shape index (κ3) is 2.81. The zero-order valence-corrected chi connectivity index (χ0v) is 13.7. The second-order valence-electron chi connectivity index (χ2n) is 4.25. The molecule has 1 aromatic carbocycles. The normalized spacial score (nSPS) is 12.1. The molecule has 0 amide bonds. The summed E-state index contributed by atoms with van der Waals surface area (Å²) in [5.74, 6) is 1.41. The molecule has 114 valence electrons. The Bertz CT molecular complexity index is 600.